The molecule has 0 aliphatic carbocycles. The van der Waals surface area contributed by atoms with Gasteiger partial charge in [0.1, 0.15) is 0 Å². The Bertz CT molecular complexity index is 776. The third kappa shape index (κ3) is 4.11. The molecule has 24 heavy (non-hydrogen) atoms. The summed E-state index contributed by atoms with van der Waals surface area (Å²) < 4.78 is 1.63. The lowest BCUT2D eigenvalue weighted by Crippen LogP contribution is -2.29. The van der Waals surface area contributed by atoms with Crippen molar-refractivity contribution in [3.63, 3.8) is 0 Å². The van der Waals surface area contributed by atoms with E-state index in [1.807, 2.05) is 31.2 Å². The number of hydrogen-bond acceptors (Lipinski definition) is 3. The highest BCUT2D eigenvalue weighted by molar-refractivity contribution is 6.04. The van der Waals surface area contributed by atoms with Crippen molar-refractivity contribution in [2.45, 2.75) is 26.3 Å². The average Bonchev–Trinajstić information content (AvgIpc) is 3.07. The summed E-state index contributed by atoms with van der Waals surface area (Å²) in [5, 5.41) is 2.88. The van der Waals surface area contributed by atoms with Crippen LogP contribution in [0.5, 0.6) is 0 Å². The minimum atomic E-state index is -0.199. The van der Waals surface area contributed by atoms with Crippen molar-refractivity contribution in [1.29, 1.82) is 0 Å². The van der Waals surface area contributed by atoms with Crippen LogP contribution >= 0.6 is 0 Å². The van der Waals surface area contributed by atoms with E-state index >= 15 is 0 Å². The van der Waals surface area contributed by atoms with Crippen molar-refractivity contribution in [3.8, 4) is 0 Å². The molecule has 0 spiro atoms. The zero-order valence-corrected chi connectivity index (χ0v) is 14.0. The normalized spacial score (nSPS) is 14.7. The number of carbonyl (C=O) groups is 1. The molecular formula is C19H23N3O2. The molecule has 1 aliphatic heterocycles. The molecule has 1 N–H and O–H groups in total. The van der Waals surface area contributed by atoms with E-state index in [1.54, 1.807) is 16.8 Å². The van der Waals surface area contributed by atoms with Gasteiger partial charge in [0.05, 0.1) is 5.56 Å². The second kappa shape index (κ2) is 7.45. The average molecular weight is 325 g/mol. The van der Waals surface area contributed by atoms with Gasteiger partial charge in [-0.1, -0.05) is 12.1 Å². The van der Waals surface area contributed by atoms with E-state index in [1.165, 1.54) is 18.9 Å². The van der Waals surface area contributed by atoms with Crippen molar-refractivity contribution in [3.05, 3.63) is 64.1 Å². The van der Waals surface area contributed by atoms with E-state index in [0.717, 1.165) is 30.9 Å². The van der Waals surface area contributed by atoms with Crippen LogP contribution in [0.4, 0.5) is 5.69 Å². The minimum absolute atomic E-state index is 0.0682. The molecule has 1 saturated heterocycles. The largest absolute Gasteiger partial charge is 0.322 e. The molecule has 0 bridgehead atoms. The number of carbonyl (C=O) groups excluding carboxylic acids is 1. The summed E-state index contributed by atoms with van der Waals surface area (Å²) in [6, 6.07) is 10.7. The molecule has 1 amide bonds. The van der Waals surface area contributed by atoms with Crippen molar-refractivity contribution < 1.29 is 4.79 Å². The fourth-order valence-corrected chi connectivity index (χ4v) is 3.02. The van der Waals surface area contributed by atoms with E-state index in [9.17, 15) is 9.59 Å². The highest BCUT2D eigenvalue weighted by Gasteiger charge is 2.12. The third-order valence-electron chi connectivity index (χ3n) is 4.38. The zero-order valence-electron chi connectivity index (χ0n) is 14.0. The molecule has 0 saturated carbocycles. The number of anilines is 1. The summed E-state index contributed by atoms with van der Waals surface area (Å²) in [5.41, 5.74) is 2.28. The highest BCUT2D eigenvalue weighted by Crippen LogP contribution is 2.11. The lowest BCUT2D eigenvalue weighted by Gasteiger charge is -2.15. The molecule has 1 fully saturated rings. The molecule has 1 aromatic heterocycles. The number of aryl methyl sites for hydroxylation is 1. The van der Waals surface area contributed by atoms with Gasteiger partial charge in [0, 0.05) is 31.0 Å². The number of rotatable bonds is 5. The van der Waals surface area contributed by atoms with Crippen molar-refractivity contribution in [2.75, 3.05) is 25.0 Å². The standard InChI is InChI=1S/C19H23N3O2/c1-15-5-4-6-17(13-15)20-19(24)16-7-8-18(23)22(14-16)12-11-21-9-2-3-10-21/h4-8,13-14H,2-3,9-12H2,1H3,(H,20,24). The summed E-state index contributed by atoms with van der Waals surface area (Å²) in [4.78, 5) is 26.8. The van der Waals surface area contributed by atoms with Crippen LogP contribution in [-0.2, 0) is 6.54 Å². The van der Waals surface area contributed by atoms with Crippen LogP contribution in [0.3, 0.4) is 0 Å². The monoisotopic (exact) mass is 325 g/mol. The van der Waals surface area contributed by atoms with Gasteiger partial charge in [-0.2, -0.15) is 0 Å². The quantitative estimate of drug-likeness (QED) is 0.919. The SMILES string of the molecule is Cc1cccc(NC(=O)c2ccc(=O)n(CCN3CCCC3)c2)c1. The Labute approximate surface area is 141 Å². The first-order chi connectivity index (χ1) is 11.6. The van der Waals surface area contributed by atoms with Crippen LogP contribution in [0.2, 0.25) is 0 Å². The molecule has 1 aromatic carbocycles. The van der Waals surface area contributed by atoms with Crippen LogP contribution in [0.1, 0.15) is 28.8 Å². The van der Waals surface area contributed by atoms with Crippen LogP contribution in [0.25, 0.3) is 0 Å². The third-order valence-corrected chi connectivity index (χ3v) is 4.38. The van der Waals surface area contributed by atoms with E-state index in [-0.39, 0.29) is 11.5 Å². The van der Waals surface area contributed by atoms with E-state index in [0.29, 0.717) is 12.1 Å². The molecule has 2 heterocycles. The molecule has 5 nitrogen and oxygen atoms in total. The van der Waals surface area contributed by atoms with E-state index in [2.05, 4.69) is 10.2 Å². The van der Waals surface area contributed by atoms with Crippen LogP contribution in [0, 0.1) is 6.92 Å². The highest BCUT2D eigenvalue weighted by atomic mass is 16.2. The maximum atomic E-state index is 12.4. The molecule has 0 atom stereocenters. The summed E-state index contributed by atoms with van der Waals surface area (Å²) in [6.45, 7) is 5.64. The predicted octanol–water partition coefficient (Wildman–Crippen LogP) is 2.50. The number of nitrogens with one attached hydrogen (secondary N) is 1. The van der Waals surface area contributed by atoms with Gasteiger partial charge < -0.3 is 14.8 Å². The lowest BCUT2D eigenvalue weighted by atomic mass is 10.2. The molecule has 2 aromatic rings. The first-order valence-corrected chi connectivity index (χ1v) is 8.43. The Morgan fingerprint density at radius 2 is 1.92 bits per heavy atom. The number of nitrogens with zero attached hydrogens (tertiary/aromatic N) is 2. The molecule has 126 valence electrons. The molecule has 3 rings (SSSR count). The number of amides is 1. The number of benzene rings is 1. The maximum Gasteiger partial charge on any atom is 0.257 e. The lowest BCUT2D eigenvalue weighted by molar-refractivity contribution is 0.102. The molecule has 0 unspecified atom stereocenters. The van der Waals surface area contributed by atoms with Gasteiger partial charge in [0.2, 0.25) is 0 Å². The molecule has 5 heteroatoms. The van der Waals surface area contributed by atoms with Gasteiger partial charge in [-0.3, -0.25) is 9.59 Å². The predicted molar refractivity (Wildman–Crippen MR) is 95.5 cm³/mol. The van der Waals surface area contributed by atoms with Gasteiger partial charge in [-0.15, -0.1) is 0 Å². The summed E-state index contributed by atoms with van der Waals surface area (Å²) in [6.07, 6.45) is 4.12. The van der Waals surface area contributed by atoms with Crippen LogP contribution < -0.4 is 10.9 Å². The van der Waals surface area contributed by atoms with E-state index in [4.69, 9.17) is 0 Å². The summed E-state index contributed by atoms with van der Waals surface area (Å²) in [5.74, 6) is -0.199. The summed E-state index contributed by atoms with van der Waals surface area (Å²) in [7, 11) is 0. The number of pyridine rings is 1. The minimum Gasteiger partial charge on any atom is -0.322 e. The zero-order chi connectivity index (χ0) is 16.9. The Morgan fingerprint density at radius 3 is 2.67 bits per heavy atom. The van der Waals surface area contributed by atoms with Crippen molar-refractivity contribution in [2.24, 2.45) is 0 Å². The van der Waals surface area contributed by atoms with Crippen molar-refractivity contribution >= 4 is 11.6 Å². The Hall–Kier alpha value is -2.40. The maximum absolute atomic E-state index is 12.4. The first kappa shape index (κ1) is 16.5. The van der Waals surface area contributed by atoms with Gasteiger partial charge in [0.15, 0.2) is 0 Å². The summed E-state index contributed by atoms with van der Waals surface area (Å²) >= 11 is 0. The molecule has 0 radical (unpaired) electrons. The molecule has 1 aliphatic rings. The number of hydrogen-bond donors (Lipinski definition) is 1. The smallest absolute Gasteiger partial charge is 0.257 e. The second-order valence-corrected chi connectivity index (χ2v) is 6.32. The fourth-order valence-electron chi connectivity index (χ4n) is 3.02. The number of aromatic nitrogens is 1. The number of likely N-dealkylation sites (tertiary alicyclic amines) is 1. The molecular weight excluding hydrogens is 302 g/mol. The van der Waals surface area contributed by atoms with E-state index < -0.39 is 0 Å². The Kier molecular flexibility index (Phi) is 5.11. The second-order valence-electron chi connectivity index (χ2n) is 6.32. The fraction of sp³-hybridized carbons (Fsp3) is 0.368. The van der Waals surface area contributed by atoms with Gasteiger partial charge >= 0.3 is 0 Å². The van der Waals surface area contributed by atoms with Crippen LogP contribution in [0.15, 0.2) is 47.4 Å². The van der Waals surface area contributed by atoms with Crippen molar-refractivity contribution in [1.82, 2.24) is 9.47 Å². The van der Waals surface area contributed by atoms with Gasteiger partial charge in [0.25, 0.3) is 11.5 Å². The Balaban J connectivity index is 1.69. The topological polar surface area (TPSA) is 54.3 Å². The first-order valence-electron chi connectivity index (χ1n) is 8.43. The Morgan fingerprint density at radius 1 is 1.12 bits per heavy atom. The van der Waals surface area contributed by atoms with Crippen LogP contribution in [-0.4, -0.2) is 35.0 Å². The van der Waals surface area contributed by atoms with Gasteiger partial charge in [-0.05, 0) is 56.6 Å². The van der Waals surface area contributed by atoms with Gasteiger partial charge in [-0.25, -0.2) is 0 Å².